The lowest BCUT2D eigenvalue weighted by Gasteiger charge is -2.31. The number of aliphatic hydroxyl groups is 1. The number of halogens is 4. The van der Waals surface area contributed by atoms with Crippen LogP contribution in [0.5, 0.6) is 0 Å². The van der Waals surface area contributed by atoms with Crippen LogP contribution in [0.4, 0.5) is 19.1 Å². The van der Waals surface area contributed by atoms with E-state index in [9.17, 15) is 13.2 Å². The molecule has 1 atom stereocenters. The number of ether oxygens (including phenoxy) is 1. The first-order chi connectivity index (χ1) is 13.9. The predicted octanol–water partition coefficient (Wildman–Crippen LogP) is 2.71. The molecule has 2 saturated heterocycles. The van der Waals surface area contributed by atoms with Gasteiger partial charge in [-0.15, -0.1) is 5.10 Å². The van der Waals surface area contributed by atoms with Gasteiger partial charge in [0.05, 0.1) is 31.1 Å². The van der Waals surface area contributed by atoms with Crippen LogP contribution >= 0.6 is 11.6 Å². The highest BCUT2D eigenvalue weighted by Crippen LogP contribution is 2.36. The average Bonchev–Trinajstić information content (AvgIpc) is 2.93. The highest BCUT2D eigenvalue weighted by molar-refractivity contribution is 6.32. The molecular weight excluding hydrogens is 411 g/mol. The summed E-state index contributed by atoms with van der Waals surface area (Å²) >= 11 is 6.10. The van der Waals surface area contributed by atoms with Gasteiger partial charge in [0.2, 0.25) is 5.95 Å². The van der Waals surface area contributed by atoms with Gasteiger partial charge < -0.3 is 15.6 Å². The third-order valence-electron chi connectivity index (χ3n) is 5.13. The molecule has 0 bridgehead atoms. The summed E-state index contributed by atoms with van der Waals surface area (Å²) in [4.78, 5) is 5.47. The number of aromatic nitrogens is 3. The minimum atomic E-state index is -2.35. The second kappa shape index (κ2) is 9.92. The van der Waals surface area contributed by atoms with E-state index in [4.69, 9.17) is 27.2 Å². The number of piperidine rings is 1. The van der Waals surface area contributed by atoms with Crippen molar-refractivity contribution in [3.05, 3.63) is 22.7 Å². The molecule has 2 aliphatic rings. The van der Waals surface area contributed by atoms with Crippen LogP contribution in [0, 0.1) is 5.82 Å². The smallest absolute Gasteiger partial charge is 0.251 e. The van der Waals surface area contributed by atoms with Crippen LogP contribution in [0.1, 0.15) is 37.3 Å². The lowest BCUT2D eigenvalue weighted by Crippen LogP contribution is -2.36. The van der Waals surface area contributed by atoms with E-state index in [1.165, 1.54) is 10.7 Å². The number of anilines is 1. The zero-order chi connectivity index (χ0) is 21.0. The Kier molecular flexibility index (Phi) is 7.55. The Balaban J connectivity index is 0.000000290. The normalized spacial score (nSPS) is 21.4. The highest BCUT2D eigenvalue weighted by Gasteiger charge is 2.29. The Morgan fingerprint density at radius 2 is 2.03 bits per heavy atom. The lowest BCUT2D eigenvalue weighted by molar-refractivity contribution is -0.00535. The molecule has 4 rings (SSSR count). The standard InChI is InChI=1S/C13H15ClF3N5.C5H10O2/c14-10-11(17)8-5-19-13(18)20-22(8)12(10)7-1-3-21(4-2-7)6-9(15)16;6-5-2-1-3-7-4-5/h5,7,9H,1-4,6H2,(H2,18,20);5-6H,1-4H2. The van der Waals surface area contributed by atoms with Crippen molar-refractivity contribution in [3.8, 4) is 0 Å². The van der Waals surface area contributed by atoms with E-state index in [0.29, 0.717) is 38.2 Å². The molecule has 2 aromatic heterocycles. The van der Waals surface area contributed by atoms with Crippen molar-refractivity contribution in [3.63, 3.8) is 0 Å². The van der Waals surface area contributed by atoms with Gasteiger partial charge in [-0.3, -0.25) is 4.90 Å². The summed E-state index contributed by atoms with van der Waals surface area (Å²) in [5.74, 6) is -0.602. The Labute approximate surface area is 171 Å². The van der Waals surface area contributed by atoms with Crippen molar-refractivity contribution in [2.45, 2.75) is 44.1 Å². The Hall–Kier alpha value is -1.62. The van der Waals surface area contributed by atoms with Crippen LogP contribution in [-0.4, -0.2) is 70.0 Å². The van der Waals surface area contributed by atoms with E-state index in [1.807, 2.05) is 0 Å². The van der Waals surface area contributed by atoms with Crippen LogP contribution in [0.2, 0.25) is 5.02 Å². The van der Waals surface area contributed by atoms with E-state index < -0.39 is 12.2 Å². The van der Waals surface area contributed by atoms with Gasteiger partial charge in [0.25, 0.3) is 6.43 Å². The SMILES string of the molecule is Nc1ncc2c(F)c(Cl)c(C3CCN(CC(F)F)CC3)n2n1.OC1CCCOC1. The molecule has 29 heavy (non-hydrogen) atoms. The van der Waals surface area contributed by atoms with Gasteiger partial charge in [0.1, 0.15) is 10.5 Å². The fraction of sp³-hybridized carbons (Fsp3) is 0.667. The number of hydrogen-bond donors (Lipinski definition) is 2. The maximum Gasteiger partial charge on any atom is 0.251 e. The number of rotatable bonds is 3. The van der Waals surface area contributed by atoms with Crippen molar-refractivity contribution < 1.29 is 23.0 Å². The number of aliphatic hydroxyl groups excluding tert-OH is 1. The first-order valence-corrected chi connectivity index (χ1v) is 9.99. The molecule has 0 spiro atoms. The van der Waals surface area contributed by atoms with Crippen molar-refractivity contribution in [2.75, 3.05) is 38.6 Å². The molecule has 0 radical (unpaired) electrons. The molecule has 0 saturated carbocycles. The van der Waals surface area contributed by atoms with Crippen molar-refractivity contribution >= 4 is 23.1 Å². The quantitative estimate of drug-likeness (QED) is 0.770. The molecule has 2 aromatic rings. The predicted molar refractivity (Wildman–Crippen MR) is 103 cm³/mol. The first kappa shape index (κ1) is 22.1. The van der Waals surface area contributed by atoms with Crippen molar-refractivity contribution in [1.82, 2.24) is 19.5 Å². The summed E-state index contributed by atoms with van der Waals surface area (Å²) < 4.78 is 45.3. The number of alkyl halides is 2. The van der Waals surface area contributed by atoms with Crippen molar-refractivity contribution in [1.29, 1.82) is 0 Å². The summed E-state index contributed by atoms with van der Waals surface area (Å²) in [7, 11) is 0. The second-order valence-electron chi connectivity index (χ2n) is 7.26. The minimum Gasteiger partial charge on any atom is -0.391 e. The molecule has 7 nitrogen and oxygen atoms in total. The number of nitrogen functional groups attached to an aromatic ring is 1. The first-order valence-electron chi connectivity index (χ1n) is 9.61. The van der Waals surface area contributed by atoms with Gasteiger partial charge in [-0.05, 0) is 38.8 Å². The Morgan fingerprint density at radius 3 is 2.59 bits per heavy atom. The molecule has 0 aromatic carbocycles. The van der Waals surface area contributed by atoms with E-state index in [2.05, 4.69) is 10.1 Å². The van der Waals surface area contributed by atoms with Crippen LogP contribution in [0.25, 0.3) is 5.52 Å². The summed E-state index contributed by atoms with van der Waals surface area (Å²) in [5, 5.41) is 12.8. The van der Waals surface area contributed by atoms with Crippen LogP contribution in [0.3, 0.4) is 0 Å². The van der Waals surface area contributed by atoms with Crippen LogP contribution in [0.15, 0.2) is 6.20 Å². The van der Waals surface area contributed by atoms with Gasteiger partial charge in [-0.25, -0.2) is 22.7 Å². The van der Waals surface area contributed by atoms with E-state index >= 15 is 0 Å². The Morgan fingerprint density at radius 1 is 1.31 bits per heavy atom. The maximum atomic E-state index is 14.2. The van der Waals surface area contributed by atoms with Gasteiger partial charge in [-0.2, -0.15) is 0 Å². The third-order valence-corrected chi connectivity index (χ3v) is 5.49. The summed E-state index contributed by atoms with van der Waals surface area (Å²) in [6.45, 7) is 2.16. The fourth-order valence-electron chi connectivity index (χ4n) is 3.68. The second-order valence-corrected chi connectivity index (χ2v) is 7.64. The molecule has 0 amide bonds. The molecule has 2 fully saturated rings. The zero-order valence-corrected chi connectivity index (χ0v) is 16.7. The van der Waals surface area contributed by atoms with Gasteiger partial charge in [0, 0.05) is 12.5 Å². The molecule has 0 aliphatic carbocycles. The number of nitrogens with zero attached hydrogens (tertiary/aromatic N) is 4. The fourth-order valence-corrected chi connectivity index (χ4v) is 4.01. The highest BCUT2D eigenvalue weighted by atomic mass is 35.5. The lowest BCUT2D eigenvalue weighted by atomic mass is 9.93. The zero-order valence-electron chi connectivity index (χ0n) is 15.9. The largest absolute Gasteiger partial charge is 0.391 e. The van der Waals surface area contributed by atoms with E-state index in [1.54, 1.807) is 4.90 Å². The van der Waals surface area contributed by atoms with Crippen LogP contribution in [-0.2, 0) is 4.74 Å². The topological polar surface area (TPSA) is 88.9 Å². The molecular formula is C18H25ClF3N5O2. The number of nitrogens with two attached hydrogens (primary N) is 1. The molecule has 1 unspecified atom stereocenters. The van der Waals surface area contributed by atoms with Crippen molar-refractivity contribution in [2.24, 2.45) is 0 Å². The van der Waals surface area contributed by atoms with E-state index in [-0.39, 0.29) is 35.1 Å². The Bertz CT molecular complexity index is 808. The summed E-state index contributed by atoms with van der Waals surface area (Å²) in [6.07, 6.45) is 1.91. The summed E-state index contributed by atoms with van der Waals surface area (Å²) in [6, 6.07) is 0. The van der Waals surface area contributed by atoms with Gasteiger partial charge in [0.15, 0.2) is 5.82 Å². The monoisotopic (exact) mass is 435 g/mol. The van der Waals surface area contributed by atoms with Gasteiger partial charge in [-0.1, -0.05) is 11.6 Å². The third kappa shape index (κ3) is 5.50. The number of fused-ring (bicyclic) bond motifs is 1. The molecule has 4 heterocycles. The number of hydrogen-bond acceptors (Lipinski definition) is 6. The van der Waals surface area contributed by atoms with Crippen LogP contribution < -0.4 is 5.73 Å². The molecule has 2 aliphatic heterocycles. The number of likely N-dealkylation sites (tertiary alicyclic amines) is 1. The van der Waals surface area contributed by atoms with E-state index in [0.717, 1.165) is 19.4 Å². The summed E-state index contributed by atoms with van der Waals surface area (Å²) in [5.41, 5.74) is 6.27. The molecule has 162 valence electrons. The average molecular weight is 436 g/mol. The molecule has 3 N–H and O–H groups in total. The maximum absolute atomic E-state index is 14.2. The molecule has 11 heteroatoms. The minimum absolute atomic E-state index is 0.00668. The van der Waals surface area contributed by atoms with Gasteiger partial charge >= 0.3 is 0 Å².